The summed E-state index contributed by atoms with van der Waals surface area (Å²) in [5, 5.41) is 0.141. The number of hydrogen-bond acceptors (Lipinski definition) is 3. The normalized spacial score (nSPS) is 13.5. The second-order valence-corrected chi connectivity index (χ2v) is 7.24. The van der Waals surface area contributed by atoms with Gasteiger partial charge in [-0.1, -0.05) is 11.6 Å². The number of rotatable bonds is 6. The molecule has 5 nitrogen and oxygen atoms in total. The third kappa shape index (κ3) is 3.86. The summed E-state index contributed by atoms with van der Waals surface area (Å²) in [6, 6.07) is 6.73. The molecular weight excluding hydrogens is 331 g/mol. The summed E-state index contributed by atoms with van der Waals surface area (Å²) in [5.41, 5.74) is 0. The van der Waals surface area contributed by atoms with Gasteiger partial charge < -0.3 is 9.32 Å². The molecule has 0 saturated carbocycles. The van der Waals surface area contributed by atoms with E-state index in [1.54, 1.807) is 12.1 Å². The van der Waals surface area contributed by atoms with E-state index >= 15 is 0 Å². The van der Waals surface area contributed by atoms with Gasteiger partial charge in [-0.2, -0.15) is 0 Å². The molecule has 2 rings (SSSR count). The highest BCUT2D eigenvalue weighted by Gasteiger charge is 2.25. The largest absolute Gasteiger partial charge is 0.463 e. The lowest BCUT2D eigenvalue weighted by Crippen LogP contribution is -3.07. The highest BCUT2D eigenvalue weighted by molar-refractivity contribution is 7.89. The average Bonchev–Trinajstić information content (AvgIpc) is 2.91. The molecule has 1 aromatic carbocycles. The Hall–Kier alpha value is -1.41. The van der Waals surface area contributed by atoms with Gasteiger partial charge in [0.25, 0.3) is 0 Å². The third-order valence-corrected chi connectivity index (χ3v) is 4.94. The topological polar surface area (TPSA) is 63.8 Å². The minimum atomic E-state index is -3.97. The highest BCUT2D eigenvalue weighted by Crippen LogP contribution is 2.19. The minimum absolute atomic E-state index is 0.0836. The summed E-state index contributed by atoms with van der Waals surface area (Å²) in [4.78, 5) is 0.554. The zero-order valence-corrected chi connectivity index (χ0v) is 13.7. The number of nitrogens with one attached hydrogen (secondary N) is 2. The Morgan fingerprint density at radius 2 is 2.09 bits per heavy atom. The molecule has 8 heteroatoms. The average molecular weight is 348 g/mol. The SMILES string of the molecule is C[NH+](C)[C@H](CNS(=O)(=O)c1ccc(Cl)cc1F)c1ccco1. The van der Waals surface area contributed by atoms with Crippen LogP contribution < -0.4 is 9.62 Å². The van der Waals surface area contributed by atoms with Gasteiger partial charge in [0.05, 0.1) is 26.9 Å². The molecule has 0 aliphatic rings. The second-order valence-electron chi connectivity index (χ2n) is 5.07. The van der Waals surface area contributed by atoms with Crippen LogP contribution in [0.25, 0.3) is 0 Å². The number of quaternary nitrogens is 1. The van der Waals surface area contributed by atoms with Gasteiger partial charge in [0.2, 0.25) is 10.0 Å². The van der Waals surface area contributed by atoms with E-state index < -0.39 is 20.7 Å². The molecule has 2 aromatic rings. The highest BCUT2D eigenvalue weighted by atomic mass is 35.5. The van der Waals surface area contributed by atoms with E-state index in [-0.39, 0.29) is 17.6 Å². The summed E-state index contributed by atoms with van der Waals surface area (Å²) >= 11 is 5.63. The van der Waals surface area contributed by atoms with Crippen molar-refractivity contribution in [2.45, 2.75) is 10.9 Å². The predicted molar refractivity (Wildman–Crippen MR) is 80.9 cm³/mol. The molecule has 0 bridgehead atoms. The van der Waals surface area contributed by atoms with Crippen molar-refractivity contribution in [1.29, 1.82) is 0 Å². The van der Waals surface area contributed by atoms with Crippen molar-refractivity contribution in [2.24, 2.45) is 0 Å². The van der Waals surface area contributed by atoms with E-state index in [0.29, 0.717) is 5.76 Å². The summed E-state index contributed by atoms with van der Waals surface area (Å²) in [6.07, 6.45) is 1.53. The lowest BCUT2D eigenvalue weighted by Gasteiger charge is -2.19. The van der Waals surface area contributed by atoms with Crippen LogP contribution in [0, 0.1) is 5.82 Å². The maximum atomic E-state index is 13.8. The molecular formula is C14H17ClFN2O3S+. The smallest absolute Gasteiger partial charge is 0.243 e. The molecule has 0 amide bonds. The number of hydrogen-bond donors (Lipinski definition) is 2. The quantitative estimate of drug-likeness (QED) is 0.826. The summed E-state index contributed by atoms with van der Waals surface area (Å²) in [5.74, 6) is -0.231. The second kappa shape index (κ2) is 6.78. The van der Waals surface area contributed by atoms with E-state index in [1.807, 2.05) is 14.1 Å². The molecule has 0 aliphatic carbocycles. The lowest BCUT2D eigenvalue weighted by atomic mass is 10.2. The van der Waals surface area contributed by atoms with Crippen LogP contribution in [-0.4, -0.2) is 29.1 Å². The van der Waals surface area contributed by atoms with Gasteiger partial charge in [-0.15, -0.1) is 0 Å². The lowest BCUT2D eigenvalue weighted by molar-refractivity contribution is -0.891. The monoisotopic (exact) mass is 347 g/mol. The Morgan fingerprint density at radius 1 is 1.36 bits per heavy atom. The molecule has 1 aromatic heterocycles. The molecule has 0 unspecified atom stereocenters. The van der Waals surface area contributed by atoms with Crippen LogP contribution in [0.3, 0.4) is 0 Å². The van der Waals surface area contributed by atoms with Crippen molar-refractivity contribution in [2.75, 3.05) is 20.6 Å². The predicted octanol–water partition coefficient (Wildman–Crippen LogP) is 1.24. The molecule has 120 valence electrons. The first kappa shape index (κ1) is 17.0. The van der Waals surface area contributed by atoms with Crippen molar-refractivity contribution in [3.63, 3.8) is 0 Å². The molecule has 0 spiro atoms. The van der Waals surface area contributed by atoms with E-state index in [1.165, 1.54) is 12.3 Å². The van der Waals surface area contributed by atoms with Crippen molar-refractivity contribution in [1.82, 2.24) is 4.72 Å². The van der Waals surface area contributed by atoms with E-state index in [0.717, 1.165) is 17.0 Å². The van der Waals surface area contributed by atoms with Crippen LogP contribution in [0.15, 0.2) is 45.9 Å². The molecule has 22 heavy (non-hydrogen) atoms. The fraction of sp³-hybridized carbons (Fsp3) is 0.286. The minimum Gasteiger partial charge on any atom is -0.463 e. The zero-order valence-electron chi connectivity index (χ0n) is 12.1. The van der Waals surface area contributed by atoms with Crippen molar-refractivity contribution in [3.8, 4) is 0 Å². The number of likely N-dealkylation sites (N-methyl/N-ethyl adjacent to an activating group) is 1. The number of furan rings is 1. The Morgan fingerprint density at radius 3 is 2.64 bits per heavy atom. The number of halogens is 2. The Bertz CT molecular complexity index is 733. The van der Waals surface area contributed by atoms with Gasteiger partial charge in [0.15, 0.2) is 11.8 Å². The fourth-order valence-electron chi connectivity index (χ4n) is 2.04. The van der Waals surface area contributed by atoms with Crippen LogP contribution in [0.1, 0.15) is 11.8 Å². The van der Waals surface area contributed by atoms with Crippen LogP contribution in [0.4, 0.5) is 4.39 Å². The first-order chi connectivity index (χ1) is 10.3. The van der Waals surface area contributed by atoms with Crippen LogP contribution in [-0.2, 0) is 10.0 Å². The Balaban J connectivity index is 2.18. The molecule has 0 radical (unpaired) electrons. The number of sulfonamides is 1. The van der Waals surface area contributed by atoms with Gasteiger partial charge in [0, 0.05) is 5.02 Å². The van der Waals surface area contributed by atoms with Crippen molar-refractivity contribution in [3.05, 3.63) is 53.2 Å². The molecule has 0 aliphatic heterocycles. The number of benzene rings is 1. The standard InChI is InChI=1S/C14H16ClFN2O3S/c1-18(2)12(13-4-3-7-21-13)9-17-22(19,20)14-6-5-10(15)8-11(14)16/h3-8,12,17H,9H2,1-2H3/p+1/t12-/m1/s1. The van der Waals surface area contributed by atoms with Gasteiger partial charge in [-0.05, 0) is 30.3 Å². The molecule has 1 heterocycles. The van der Waals surface area contributed by atoms with Gasteiger partial charge in [0.1, 0.15) is 10.7 Å². The molecule has 2 N–H and O–H groups in total. The summed E-state index contributed by atoms with van der Waals surface area (Å²) < 4.78 is 46.0. The van der Waals surface area contributed by atoms with Crippen LogP contribution >= 0.6 is 11.6 Å². The molecule has 1 atom stereocenters. The van der Waals surface area contributed by atoms with E-state index in [9.17, 15) is 12.8 Å². The Kier molecular flexibility index (Phi) is 5.23. The van der Waals surface area contributed by atoms with Gasteiger partial charge in [-0.25, -0.2) is 17.5 Å². The first-order valence-electron chi connectivity index (χ1n) is 6.59. The fourth-order valence-corrected chi connectivity index (χ4v) is 3.31. The van der Waals surface area contributed by atoms with Gasteiger partial charge >= 0.3 is 0 Å². The zero-order chi connectivity index (χ0) is 16.3. The summed E-state index contributed by atoms with van der Waals surface area (Å²) in [7, 11) is -0.207. The van der Waals surface area contributed by atoms with E-state index in [2.05, 4.69) is 4.72 Å². The van der Waals surface area contributed by atoms with Crippen LogP contribution in [0.5, 0.6) is 0 Å². The maximum absolute atomic E-state index is 13.8. The maximum Gasteiger partial charge on any atom is 0.243 e. The first-order valence-corrected chi connectivity index (χ1v) is 8.45. The van der Waals surface area contributed by atoms with Crippen molar-refractivity contribution >= 4 is 21.6 Å². The van der Waals surface area contributed by atoms with Crippen LogP contribution in [0.2, 0.25) is 5.02 Å². The Labute approximate surface area is 133 Å². The van der Waals surface area contributed by atoms with Crippen molar-refractivity contribution < 1.29 is 22.1 Å². The third-order valence-electron chi connectivity index (χ3n) is 3.24. The van der Waals surface area contributed by atoms with E-state index in [4.69, 9.17) is 16.0 Å². The summed E-state index contributed by atoms with van der Waals surface area (Å²) in [6.45, 7) is 0.0836. The molecule has 0 saturated heterocycles. The molecule has 0 fully saturated rings. The van der Waals surface area contributed by atoms with Gasteiger partial charge in [-0.3, -0.25) is 0 Å².